The molecule has 0 aromatic rings. The lowest BCUT2D eigenvalue weighted by atomic mass is 9.84. The molecule has 0 radical (unpaired) electrons. The largest absolute Gasteiger partial charge is 0.392 e. The van der Waals surface area contributed by atoms with Gasteiger partial charge in [-0.2, -0.15) is 0 Å². The Morgan fingerprint density at radius 3 is 2.42 bits per heavy atom. The Labute approximate surface area is 119 Å². The van der Waals surface area contributed by atoms with Crippen LogP contribution in [0, 0.1) is 5.41 Å². The quantitative estimate of drug-likeness (QED) is 0.742. The van der Waals surface area contributed by atoms with Crippen molar-refractivity contribution < 1.29 is 13.2 Å². The van der Waals surface area contributed by atoms with Gasteiger partial charge in [-0.1, -0.05) is 25.1 Å². The van der Waals surface area contributed by atoms with Crippen LogP contribution < -0.4 is 11.1 Å². The van der Waals surface area contributed by atoms with Crippen LogP contribution in [0.2, 0.25) is 0 Å². The van der Waals surface area contributed by atoms with Crippen molar-refractivity contribution in [2.45, 2.75) is 44.6 Å². The highest BCUT2D eigenvalue weighted by Crippen LogP contribution is 2.39. The Kier molecular flexibility index (Phi) is 4.15. The molecule has 108 valence electrons. The standard InChI is InChI=1S/C12H20N2O3S2/c13-10(18)12(5-1-2-6-12)11(15)14-9-4-3-7-19(16,17)8-9/h9H,1-8H2,(H2,13,18)(H,14,15). The van der Waals surface area contributed by atoms with E-state index < -0.39 is 15.3 Å². The number of nitrogens with two attached hydrogens (primary N) is 1. The molecule has 0 aromatic heterocycles. The van der Waals surface area contributed by atoms with Gasteiger partial charge in [-0.25, -0.2) is 8.42 Å². The molecule has 2 rings (SSSR count). The van der Waals surface area contributed by atoms with E-state index in [1.54, 1.807) is 0 Å². The summed E-state index contributed by atoms with van der Waals surface area (Å²) in [4.78, 5) is 12.7. The maximum Gasteiger partial charge on any atom is 0.233 e. The van der Waals surface area contributed by atoms with Gasteiger partial charge < -0.3 is 11.1 Å². The molecule has 1 heterocycles. The van der Waals surface area contributed by atoms with Crippen molar-refractivity contribution in [2.24, 2.45) is 11.1 Å². The second-order valence-corrected chi connectivity index (χ2v) is 8.25. The van der Waals surface area contributed by atoms with E-state index in [1.165, 1.54) is 0 Å². The molecule has 2 fully saturated rings. The minimum absolute atomic E-state index is 0.0339. The number of hydrogen-bond donors (Lipinski definition) is 2. The van der Waals surface area contributed by atoms with Crippen molar-refractivity contribution in [1.29, 1.82) is 0 Å². The fraction of sp³-hybridized carbons (Fsp3) is 0.833. The van der Waals surface area contributed by atoms with Crippen LogP contribution in [0.25, 0.3) is 0 Å². The monoisotopic (exact) mass is 304 g/mol. The first-order valence-corrected chi connectivity index (χ1v) is 8.90. The van der Waals surface area contributed by atoms with Gasteiger partial charge in [-0.3, -0.25) is 4.79 Å². The highest BCUT2D eigenvalue weighted by molar-refractivity contribution is 7.91. The Bertz CT molecular complexity index is 481. The number of thiocarbonyl (C=S) groups is 1. The summed E-state index contributed by atoms with van der Waals surface area (Å²) in [6.07, 6.45) is 4.54. The second kappa shape index (κ2) is 5.36. The Hall–Kier alpha value is -0.690. The minimum Gasteiger partial charge on any atom is -0.392 e. The summed E-state index contributed by atoms with van der Waals surface area (Å²) in [6.45, 7) is 0. The molecule has 1 saturated heterocycles. The zero-order chi connectivity index (χ0) is 14.1. The van der Waals surface area contributed by atoms with E-state index in [1.807, 2.05) is 0 Å². The molecule has 1 saturated carbocycles. The predicted octanol–water partition coefficient (Wildman–Crippen LogP) is 0.526. The molecule has 0 bridgehead atoms. The van der Waals surface area contributed by atoms with Gasteiger partial charge in [-0.05, 0) is 25.7 Å². The Balaban J connectivity index is 2.06. The van der Waals surface area contributed by atoms with Crippen LogP contribution in [-0.2, 0) is 14.6 Å². The van der Waals surface area contributed by atoms with Crippen molar-refractivity contribution in [1.82, 2.24) is 5.32 Å². The van der Waals surface area contributed by atoms with Crippen molar-refractivity contribution in [3.8, 4) is 0 Å². The van der Waals surface area contributed by atoms with Crippen molar-refractivity contribution >= 4 is 33.0 Å². The van der Waals surface area contributed by atoms with E-state index in [0.29, 0.717) is 25.7 Å². The Morgan fingerprint density at radius 1 is 1.26 bits per heavy atom. The average molecular weight is 304 g/mol. The van der Waals surface area contributed by atoms with Crippen molar-refractivity contribution in [3.05, 3.63) is 0 Å². The predicted molar refractivity (Wildman–Crippen MR) is 77.5 cm³/mol. The van der Waals surface area contributed by atoms with Crippen LogP contribution in [0.15, 0.2) is 0 Å². The molecule has 3 N–H and O–H groups in total. The maximum atomic E-state index is 12.4. The molecule has 0 spiro atoms. The van der Waals surface area contributed by atoms with E-state index in [2.05, 4.69) is 5.32 Å². The van der Waals surface area contributed by atoms with E-state index in [9.17, 15) is 13.2 Å². The summed E-state index contributed by atoms with van der Waals surface area (Å²) in [5.41, 5.74) is 4.99. The van der Waals surface area contributed by atoms with Gasteiger partial charge in [0.15, 0.2) is 9.84 Å². The minimum atomic E-state index is -3.02. The number of amides is 1. The molecular weight excluding hydrogens is 284 g/mol. The fourth-order valence-corrected chi connectivity index (χ4v) is 4.96. The topological polar surface area (TPSA) is 89.3 Å². The summed E-state index contributed by atoms with van der Waals surface area (Å²) in [5, 5.41) is 2.85. The molecule has 1 aliphatic heterocycles. The number of carbonyl (C=O) groups excluding carboxylic acids is 1. The van der Waals surface area contributed by atoms with Gasteiger partial charge in [0.05, 0.1) is 21.9 Å². The maximum absolute atomic E-state index is 12.4. The van der Waals surface area contributed by atoms with Gasteiger partial charge in [0, 0.05) is 6.04 Å². The molecule has 0 aromatic carbocycles. The highest BCUT2D eigenvalue weighted by Gasteiger charge is 2.44. The van der Waals surface area contributed by atoms with Crippen molar-refractivity contribution in [3.63, 3.8) is 0 Å². The number of carbonyl (C=O) groups is 1. The third-order valence-electron chi connectivity index (χ3n) is 4.16. The SMILES string of the molecule is NC(=S)C1(C(=O)NC2CCCS(=O)(=O)C2)CCCC1. The number of rotatable bonds is 3. The molecule has 19 heavy (non-hydrogen) atoms. The molecule has 7 heteroatoms. The molecule has 5 nitrogen and oxygen atoms in total. The van der Waals surface area contributed by atoms with E-state index in [-0.39, 0.29) is 28.4 Å². The van der Waals surface area contributed by atoms with Gasteiger partial charge in [0.1, 0.15) is 0 Å². The highest BCUT2D eigenvalue weighted by atomic mass is 32.2. The zero-order valence-electron chi connectivity index (χ0n) is 10.9. The molecular formula is C12H20N2O3S2. The lowest BCUT2D eigenvalue weighted by Crippen LogP contribution is -2.52. The molecule has 2 aliphatic rings. The average Bonchev–Trinajstić information content (AvgIpc) is 2.77. The van der Waals surface area contributed by atoms with E-state index >= 15 is 0 Å². The van der Waals surface area contributed by atoms with Gasteiger partial charge in [0.25, 0.3) is 0 Å². The number of hydrogen-bond acceptors (Lipinski definition) is 4. The van der Waals surface area contributed by atoms with Crippen LogP contribution in [0.3, 0.4) is 0 Å². The van der Waals surface area contributed by atoms with Crippen LogP contribution >= 0.6 is 12.2 Å². The third kappa shape index (κ3) is 3.08. The normalized spacial score (nSPS) is 28.7. The molecule has 1 unspecified atom stereocenters. The summed E-state index contributed by atoms with van der Waals surface area (Å²) >= 11 is 5.06. The molecule has 1 atom stereocenters. The van der Waals surface area contributed by atoms with E-state index in [4.69, 9.17) is 18.0 Å². The third-order valence-corrected chi connectivity index (χ3v) is 6.37. The van der Waals surface area contributed by atoms with Crippen LogP contribution in [0.5, 0.6) is 0 Å². The lowest BCUT2D eigenvalue weighted by molar-refractivity contribution is -0.127. The Morgan fingerprint density at radius 2 is 1.89 bits per heavy atom. The van der Waals surface area contributed by atoms with Gasteiger partial charge in [-0.15, -0.1) is 0 Å². The number of sulfone groups is 1. The first-order valence-electron chi connectivity index (χ1n) is 6.67. The zero-order valence-corrected chi connectivity index (χ0v) is 12.5. The van der Waals surface area contributed by atoms with Gasteiger partial charge in [0.2, 0.25) is 5.91 Å². The fourth-order valence-electron chi connectivity index (χ4n) is 3.02. The first kappa shape index (κ1) is 14.7. The van der Waals surface area contributed by atoms with Crippen LogP contribution in [0.1, 0.15) is 38.5 Å². The first-order chi connectivity index (χ1) is 8.86. The number of nitrogens with one attached hydrogen (secondary N) is 1. The summed E-state index contributed by atoms with van der Waals surface area (Å²) < 4.78 is 23.2. The molecule has 1 aliphatic carbocycles. The van der Waals surface area contributed by atoms with Crippen molar-refractivity contribution in [2.75, 3.05) is 11.5 Å². The summed E-state index contributed by atoms with van der Waals surface area (Å²) in [7, 11) is -3.02. The van der Waals surface area contributed by atoms with E-state index in [0.717, 1.165) is 12.8 Å². The lowest BCUT2D eigenvalue weighted by Gasteiger charge is -2.30. The molecule has 1 amide bonds. The smallest absolute Gasteiger partial charge is 0.233 e. The van der Waals surface area contributed by atoms with Crippen LogP contribution in [-0.4, -0.2) is 36.9 Å². The second-order valence-electron chi connectivity index (χ2n) is 5.58. The summed E-state index contributed by atoms with van der Waals surface area (Å²) in [5.74, 6) is 0.0750. The van der Waals surface area contributed by atoms with Crippen LogP contribution in [0.4, 0.5) is 0 Å². The summed E-state index contributed by atoms with van der Waals surface area (Å²) in [6, 6.07) is -0.293. The van der Waals surface area contributed by atoms with Gasteiger partial charge >= 0.3 is 0 Å².